The van der Waals surface area contributed by atoms with Crippen LogP contribution in [0.1, 0.15) is 447 Å². The second-order valence-electron chi connectivity index (χ2n) is 32.0. The number of aliphatic hydroxyl groups is 1. The molecule has 0 fully saturated rings. The van der Waals surface area contributed by atoms with Gasteiger partial charge in [0.2, 0.25) is 0 Å². The highest BCUT2D eigenvalue weighted by molar-refractivity contribution is 7.47. The minimum absolute atomic E-state index is 0.105. The monoisotopic (exact) mass is 1520 g/mol. The number of carbonyl (C=O) groups is 4. The van der Waals surface area contributed by atoms with E-state index in [9.17, 15) is 43.2 Å². The largest absolute Gasteiger partial charge is 0.472 e. The highest BCUT2D eigenvalue weighted by atomic mass is 31.2. The van der Waals surface area contributed by atoms with Gasteiger partial charge >= 0.3 is 39.5 Å². The molecule has 0 amide bonds. The highest BCUT2D eigenvalue weighted by Gasteiger charge is 2.30. The van der Waals surface area contributed by atoms with Crippen molar-refractivity contribution in [1.82, 2.24) is 0 Å². The molecule has 104 heavy (non-hydrogen) atoms. The Morgan fingerprint density at radius 2 is 0.442 bits per heavy atom. The Kier molecular flexibility index (Phi) is 73.7. The van der Waals surface area contributed by atoms with Crippen LogP contribution >= 0.6 is 15.6 Å². The highest BCUT2D eigenvalue weighted by Crippen LogP contribution is 2.45. The first-order valence-electron chi connectivity index (χ1n) is 43.8. The van der Waals surface area contributed by atoms with E-state index in [4.69, 9.17) is 37.0 Å². The first-order chi connectivity index (χ1) is 50.2. The van der Waals surface area contributed by atoms with Crippen LogP contribution in [0, 0.1) is 17.8 Å². The maximum absolute atomic E-state index is 13.1. The van der Waals surface area contributed by atoms with Crippen molar-refractivity contribution in [3.63, 3.8) is 0 Å². The molecule has 0 bridgehead atoms. The molecule has 0 aliphatic heterocycles. The molecule has 0 spiro atoms. The number of esters is 4. The Bertz CT molecular complexity index is 2010. The van der Waals surface area contributed by atoms with Crippen molar-refractivity contribution < 1.29 is 80.2 Å². The van der Waals surface area contributed by atoms with Gasteiger partial charge in [-0.2, -0.15) is 0 Å². The summed E-state index contributed by atoms with van der Waals surface area (Å²) < 4.78 is 68.8. The van der Waals surface area contributed by atoms with Gasteiger partial charge in [-0.1, -0.05) is 395 Å². The van der Waals surface area contributed by atoms with E-state index >= 15 is 0 Å². The summed E-state index contributed by atoms with van der Waals surface area (Å²) >= 11 is 0. The van der Waals surface area contributed by atoms with E-state index < -0.39 is 97.5 Å². The molecule has 0 aliphatic rings. The van der Waals surface area contributed by atoms with Gasteiger partial charge in [-0.25, -0.2) is 9.13 Å². The Labute approximate surface area is 638 Å². The van der Waals surface area contributed by atoms with Crippen LogP contribution in [-0.4, -0.2) is 96.7 Å². The summed E-state index contributed by atoms with van der Waals surface area (Å²) in [6, 6.07) is 0. The number of aliphatic hydroxyl groups excluding tert-OH is 1. The van der Waals surface area contributed by atoms with E-state index in [0.717, 1.165) is 108 Å². The summed E-state index contributed by atoms with van der Waals surface area (Å²) in [5, 5.41) is 10.7. The van der Waals surface area contributed by atoms with E-state index in [1.165, 1.54) is 257 Å². The van der Waals surface area contributed by atoms with Crippen molar-refractivity contribution >= 4 is 39.5 Å². The van der Waals surface area contributed by atoms with Crippen LogP contribution in [0.3, 0.4) is 0 Å². The van der Waals surface area contributed by atoms with Crippen molar-refractivity contribution in [2.75, 3.05) is 39.6 Å². The third-order valence-electron chi connectivity index (χ3n) is 19.9. The summed E-state index contributed by atoms with van der Waals surface area (Å²) in [6.45, 7) is 11.9. The molecule has 0 radical (unpaired) electrons. The molecular weight excluding hydrogens is 1350 g/mol. The van der Waals surface area contributed by atoms with Crippen LogP contribution in [0.4, 0.5) is 0 Å². The van der Waals surface area contributed by atoms with Crippen LogP contribution < -0.4 is 0 Å². The SMILES string of the molecule is CCCCCCCCCCCCCCCCCCCCCCC(=O)OC[C@H](COP(=O)(O)OC[C@@H](O)COP(=O)(O)OC[C@@H](COC(=O)CCCCCCCCCCC(C)C)OC(=O)CCCCCCCCCCCC(C)C)OC(=O)CCCCCCCCCCCCCCCCCCCCC(C)C. The Morgan fingerprint density at radius 1 is 0.260 bits per heavy atom. The molecule has 0 heterocycles. The average Bonchev–Trinajstić information content (AvgIpc) is 0.902. The number of phosphoric ester groups is 2. The van der Waals surface area contributed by atoms with E-state index in [-0.39, 0.29) is 25.7 Å². The van der Waals surface area contributed by atoms with E-state index in [1.54, 1.807) is 0 Å². The molecule has 618 valence electrons. The van der Waals surface area contributed by atoms with Crippen molar-refractivity contribution in [1.29, 1.82) is 0 Å². The summed E-state index contributed by atoms with van der Waals surface area (Å²) in [5.41, 5.74) is 0. The fourth-order valence-corrected chi connectivity index (χ4v) is 14.8. The van der Waals surface area contributed by atoms with Gasteiger partial charge in [-0.15, -0.1) is 0 Å². The van der Waals surface area contributed by atoms with Crippen LogP contribution in [0.15, 0.2) is 0 Å². The molecule has 0 saturated carbocycles. The van der Waals surface area contributed by atoms with Gasteiger partial charge in [0, 0.05) is 25.7 Å². The Balaban J connectivity index is 5.21. The Hall–Kier alpha value is -1.94. The van der Waals surface area contributed by atoms with Gasteiger partial charge in [0.25, 0.3) is 0 Å². The molecule has 5 atom stereocenters. The smallest absolute Gasteiger partial charge is 0.462 e. The van der Waals surface area contributed by atoms with Crippen molar-refractivity contribution in [2.24, 2.45) is 17.8 Å². The molecule has 3 N–H and O–H groups in total. The summed E-state index contributed by atoms with van der Waals surface area (Å²) in [5.74, 6) is 0.174. The third kappa shape index (κ3) is 78.2. The van der Waals surface area contributed by atoms with Gasteiger partial charge in [0.05, 0.1) is 26.4 Å². The minimum Gasteiger partial charge on any atom is -0.462 e. The second kappa shape index (κ2) is 75.1. The number of carbonyl (C=O) groups excluding carboxylic acids is 4. The fraction of sp³-hybridized carbons (Fsp3) is 0.953. The van der Waals surface area contributed by atoms with Crippen molar-refractivity contribution in [3.05, 3.63) is 0 Å². The molecule has 2 unspecified atom stereocenters. The lowest BCUT2D eigenvalue weighted by molar-refractivity contribution is -0.161. The maximum Gasteiger partial charge on any atom is 0.472 e. The fourth-order valence-electron chi connectivity index (χ4n) is 13.2. The molecule has 0 saturated heterocycles. The van der Waals surface area contributed by atoms with Crippen molar-refractivity contribution in [2.45, 2.75) is 465 Å². The number of hydrogen-bond acceptors (Lipinski definition) is 15. The molecule has 0 aromatic heterocycles. The first kappa shape index (κ1) is 102. The summed E-state index contributed by atoms with van der Waals surface area (Å²) in [6.07, 6.45) is 65.5. The predicted molar refractivity (Wildman–Crippen MR) is 428 cm³/mol. The second-order valence-corrected chi connectivity index (χ2v) is 34.9. The first-order valence-corrected chi connectivity index (χ1v) is 46.8. The van der Waals surface area contributed by atoms with E-state index in [1.807, 2.05) is 0 Å². The molecule has 17 nitrogen and oxygen atoms in total. The molecule has 0 aromatic rings. The van der Waals surface area contributed by atoms with E-state index in [2.05, 4.69) is 48.5 Å². The number of phosphoric acid groups is 2. The van der Waals surface area contributed by atoms with Gasteiger partial charge in [-0.3, -0.25) is 37.3 Å². The van der Waals surface area contributed by atoms with Crippen LogP contribution in [0.25, 0.3) is 0 Å². The molecule has 0 aliphatic carbocycles. The number of ether oxygens (including phenoxy) is 4. The third-order valence-corrected chi connectivity index (χ3v) is 21.8. The molecular formula is C85H166O17P2. The Morgan fingerprint density at radius 3 is 0.654 bits per heavy atom. The molecule has 0 aromatic carbocycles. The number of unbranched alkanes of at least 4 members (excludes halogenated alkanes) is 51. The van der Waals surface area contributed by atoms with Crippen LogP contribution in [-0.2, 0) is 65.4 Å². The summed E-state index contributed by atoms with van der Waals surface area (Å²) in [4.78, 5) is 73.1. The van der Waals surface area contributed by atoms with Gasteiger partial charge in [0.1, 0.15) is 19.3 Å². The average molecular weight is 1520 g/mol. The topological polar surface area (TPSA) is 237 Å². The maximum atomic E-state index is 13.1. The minimum atomic E-state index is -4.97. The predicted octanol–water partition coefficient (Wildman–Crippen LogP) is 25.7. The van der Waals surface area contributed by atoms with Crippen LogP contribution in [0.2, 0.25) is 0 Å². The zero-order valence-corrected chi connectivity index (χ0v) is 70.3. The molecule has 0 rings (SSSR count). The molecule has 19 heteroatoms. The quantitative estimate of drug-likeness (QED) is 0.0222. The van der Waals surface area contributed by atoms with E-state index in [0.29, 0.717) is 25.7 Å². The van der Waals surface area contributed by atoms with Crippen molar-refractivity contribution in [3.8, 4) is 0 Å². The lowest BCUT2D eigenvalue weighted by Crippen LogP contribution is -2.30. The number of rotatable bonds is 83. The summed E-state index contributed by atoms with van der Waals surface area (Å²) in [7, 11) is -9.93. The van der Waals surface area contributed by atoms with Gasteiger partial charge in [0.15, 0.2) is 12.2 Å². The number of hydrogen-bond donors (Lipinski definition) is 3. The zero-order valence-electron chi connectivity index (χ0n) is 68.5. The normalized spacial score (nSPS) is 13.9. The lowest BCUT2D eigenvalue weighted by Gasteiger charge is -2.21. The standard InChI is InChI=1S/C85H166O17P2/c1-8-9-10-11-12-13-14-15-16-17-18-19-23-26-29-32-37-45-52-59-66-82(87)95-72-80(101-84(89)68-61-54-47-38-33-30-27-24-21-20-22-25-28-31-35-42-49-56-63-76(2)3)74-99-103(91,92)97-70-79(86)71-98-104(93,94)100-75-81(73-96-83(88)67-60-53-46-41-40-44-51-58-65-78(6)7)102-85(90)69-62-55-48-39-34-36-43-50-57-64-77(4)5/h76-81,86H,8-75H2,1-7H3,(H,91,92)(H,93,94)/t79-,80-,81-/m1/s1. The van der Waals surface area contributed by atoms with Gasteiger partial charge < -0.3 is 33.8 Å². The zero-order chi connectivity index (χ0) is 76.5. The van der Waals surface area contributed by atoms with Gasteiger partial charge in [-0.05, 0) is 43.4 Å². The lowest BCUT2D eigenvalue weighted by atomic mass is 10.0. The van der Waals surface area contributed by atoms with Crippen LogP contribution in [0.5, 0.6) is 0 Å².